The van der Waals surface area contributed by atoms with Crippen molar-refractivity contribution in [3.05, 3.63) is 46.1 Å². The van der Waals surface area contributed by atoms with E-state index in [4.69, 9.17) is 0 Å². The van der Waals surface area contributed by atoms with Gasteiger partial charge < -0.3 is 27.2 Å². The number of allylic oxidation sites excluding steroid dienone is 3. The predicted molar refractivity (Wildman–Crippen MR) is 93.9 cm³/mol. The second-order valence-corrected chi connectivity index (χ2v) is 3.09. The van der Waals surface area contributed by atoms with Gasteiger partial charge >= 0.3 is 21.7 Å². The van der Waals surface area contributed by atoms with Gasteiger partial charge in [-0.05, 0) is 26.1 Å². The zero-order valence-corrected chi connectivity index (χ0v) is 16.9. The summed E-state index contributed by atoms with van der Waals surface area (Å²) in [5.74, 6) is 0. The van der Waals surface area contributed by atoms with Gasteiger partial charge in [0.2, 0.25) is 0 Å². The third-order valence-electron chi connectivity index (χ3n) is 2.36. The first-order valence-corrected chi connectivity index (χ1v) is 4.85. The van der Waals surface area contributed by atoms with Crippen LogP contribution in [0.25, 0.3) is 0 Å². The summed E-state index contributed by atoms with van der Waals surface area (Å²) < 4.78 is 0. The van der Waals surface area contributed by atoms with Crippen molar-refractivity contribution in [2.75, 3.05) is 19.6 Å². The zero-order valence-electron chi connectivity index (χ0n) is 12.9. The van der Waals surface area contributed by atoms with E-state index in [1.165, 1.54) is 12.1 Å². The maximum Gasteiger partial charge on any atom is 4.00 e. The van der Waals surface area contributed by atoms with Gasteiger partial charge in [-0.1, -0.05) is 13.8 Å². The van der Waals surface area contributed by atoms with Crippen molar-refractivity contribution < 1.29 is 21.7 Å². The van der Waals surface area contributed by atoms with E-state index in [1.807, 2.05) is 0 Å². The van der Waals surface area contributed by atoms with Crippen LogP contribution in [0, 0.1) is 28.4 Å². The van der Waals surface area contributed by atoms with Crippen molar-refractivity contribution in [1.29, 1.82) is 0 Å². The van der Waals surface area contributed by atoms with Crippen LogP contribution in [0.1, 0.15) is 26.7 Å². The van der Waals surface area contributed by atoms with Crippen LogP contribution in [0.5, 0.6) is 0 Å². The average molecular weight is 367 g/mol. The summed E-state index contributed by atoms with van der Waals surface area (Å²) >= 11 is 0. The van der Waals surface area contributed by atoms with Crippen molar-refractivity contribution in [1.82, 2.24) is 4.90 Å². The van der Waals surface area contributed by atoms with Crippen molar-refractivity contribution >= 4 is 37.2 Å². The molecule has 1 aliphatic carbocycles. The fourth-order valence-electron chi connectivity index (χ4n) is 1.44. The number of nitrogens with zero attached hydrogens (tertiary/aromatic N) is 1. The Morgan fingerprint density at radius 1 is 1.05 bits per heavy atom. The Morgan fingerprint density at radius 2 is 1.53 bits per heavy atom. The van der Waals surface area contributed by atoms with Crippen LogP contribution in [0.2, 0.25) is 0 Å². The molecule has 0 aromatic rings. The second kappa shape index (κ2) is 27.4. The molecule has 0 saturated heterocycles. The normalized spacial score (nSPS) is 9.95. The van der Waals surface area contributed by atoms with Gasteiger partial charge in [0.25, 0.3) is 0 Å². The number of halogens is 3. The molecule has 0 saturated carbocycles. The molecule has 116 valence electrons. The van der Waals surface area contributed by atoms with Crippen LogP contribution in [0.4, 0.5) is 0 Å². The van der Waals surface area contributed by atoms with Crippen LogP contribution in [-0.2, 0) is 21.7 Å². The van der Waals surface area contributed by atoms with Gasteiger partial charge in [-0.25, -0.2) is 11.6 Å². The molecule has 0 N–H and O–H groups in total. The molecule has 0 radical (unpaired) electrons. The molecular formula is C14H30Cl3NTi. The minimum Gasteiger partial charge on any atom is -0.358 e. The molecule has 19 heavy (non-hydrogen) atoms. The second-order valence-electron chi connectivity index (χ2n) is 3.09. The van der Waals surface area contributed by atoms with Gasteiger partial charge in [-0.3, -0.25) is 6.08 Å². The zero-order chi connectivity index (χ0) is 8.81. The molecule has 0 amide bonds. The SMILES string of the molecule is CCN(CC)CCC1=[C-]CC=C1.Cl.Cl.Cl.[CH3-].[CH3-].[CH3-].[Ti+4]. The van der Waals surface area contributed by atoms with Crippen LogP contribution in [0.15, 0.2) is 17.7 Å². The quantitative estimate of drug-likeness (QED) is 0.488. The molecule has 0 unspecified atom stereocenters. The Balaban J connectivity index is -0.0000000411. The van der Waals surface area contributed by atoms with E-state index in [-0.39, 0.29) is 81.2 Å². The number of hydrogen-bond donors (Lipinski definition) is 0. The first-order chi connectivity index (χ1) is 5.86. The van der Waals surface area contributed by atoms with Gasteiger partial charge in [0.05, 0.1) is 0 Å². The number of hydrogen-bond acceptors (Lipinski definition) is 1. The maximum absolute atomic E-state index is 3.34. The summed E-state index contributed by atoms with van der Waals surface area (Å²) in [7, 11) is 0. The van der Waals surface area contributed by atoms with Crippen molar-refractivity contribution in [3.8, 4) is 0 Å². The van der Waals surface area contributed by atoms with Crippen molar-refractivity contribution in [2.24, 2.45) is 0 Å². The Labute approximate surface area is 155 Å². The molecule has 0 spiro atoms. The molecule has 0 atom stereocenters. The fourth-order valence-corrected chi connectivity index (χ4v) is 1.44. The Bertz CT molecular complexity index is 193. The van der Waals surface area contributed by atoms with Crippen LogP contribution in [0.3, 0.4) is 0 Å². The molecule has 0 bridgehead atoms. The standard InChI is InChI=1S/C11H18N.3CH3.3ClH.Ti/c1-3-12(4-2)10-9-11-7-5-6-8-11;;;;;;;/h5,7H,3-4,6,9-10H2,1-2H3;3*1H3;3*1H;/q4*-1;;;;+4. The molecule has 1 rings (SSSR count). The Morgan fingerprint density at radius 3 is 1.84 bits per heavy atom. The first kappa shape index (κ1) is 42.7. The minimum absolute atomic E-state index is 0. The van der Waals surface area contributed by atoms with Gasteiger partial charge in [0.15, 0.2) is 0 Å². The van der Waals surface area contributed by atoms with Gasteiger partial charge in [0, 0.05) is 0 Å². The van der Waals surface area contributed by atoms with Crippen molar-refractivity contribution in [3.63, 3.8) is 0 Å². The largest absolute Gasteiger partial charge is 4.00 e. The molecule has 0 aromatic carbocycles. The van der Waals surface area contributed by atoms with Crippen molar-refractivity contribution in [2.45, 2.75) is 26.7 Å². The van der Waals surface area contributed by atoms with E-state index in [9.17, 15) is 0 Å². The van der Waals surface area contributed by atoms with E-state index in [2.05, 4.69) is 37.0 Å². The summed E-state index contributed by atoms with van der Waals surface area (Å²) in [4.78, 5) is 2.45. The molecule has 1 aliphatic rings. The molecule has 1 nitrogen and oxygen atoms in total. The summed E-state index contributed by atoms with van der Waals surface area (Å²) in [6, 6.07) is 0. The van der Waals surface area contributed by atoms with Crippen LogP contribution in [-0.4, -0.2) is 24.5 Å². The minimum atomic E-state index is 0. The molecule has 0 aromatic heterocycles. The van der Waals surface area contributed by atoms with Gasteiger partial charge in [-0.2, -0.15) is 6.08 Å². The third kappa shape index (κ3) is 19.0. The number of rotatable bonds is 5. The smallest absolute Gasteiger partial charge is 0.358 e. The van der Waals surface area contributed by atoms with Crippen LogP contribution < -0.4 is 0 Å². The van der Waals surface area contributed by atoms with Gasteiger partial charge in [0.1, 0.15) is 0 Å². The Kier molecular flexibility index (Phi) is 61.6. The summed E-state index contributed by atoms with van der Waals surface area (Å²) in [5.41, 5.74) is 1.39. The summed E-state index contributed by atoms with van der Waals surface area (Å²) in [5, 5.41) is 0. The molecule has 0 aliphatic heterocycles. The maximum atomic E-state index is 3.34. The van der Waals surface area contributed by atoms with Gasteiger partial charge in [-0.15, -0.1) is 43.6 Å². The summed E-state index contributed by atoms with van der Waals surface area (Å²) in [6.45, 7) is 7.93. The molecule has 5 heteroatoms. The summed E-state index contributed by atoms with van der Waals surface area (Å²) in [6.07, 6.45) is 9.90. The third-order valence-corrected chi connectivity index (χ3v) is 2.36. The average Bonchev–Trinajstić information content (AvgIpc) is 2.59. The monoisotopic (exact) mass is 365 g/mol. The van der Waals surface area contributed by atoms with E-state index in [0.29, 0.717) is 0 Å². The topological polar surface area (TPSA) is 3.24 Å². The molecule has 0 heterocycles. The van der Waals surface area contributed by atoms with E-state index >= 15 is 0 Å². The van der Waals surface area contributed by atoms with Crippen LogP contribution >= 0.6 is 37.2 Å². The molecular weight excluding hydrogens is 336 g/mol. The predicted octanol–water partition coefficient (Wildman–Crippen LogP) is 5.02. The first-order valence-electron chi connectivity index (χ1n) is 4.85. The van der Waals surface area contributed by atoms with E-state index < -0.39 is 0 Å². The Hall–Kier alpha value is 1.02. The molecule has 0 fully saturated rings. The van der Waals surface area contributed by atoms with E-state index in [1.54, 1.807) is 0 Å². The fraction of sp³-hybridized carbons (Fsp3) is 0.500. The van der Waals surface area contributed by atoms with E-state index in [0.717, 1.165) is 25.9 Å².